The Hall–Kier alpha value is -2.37. The first kappa shape index (κ1) is 24.9. The zero-order chi connectivity index (χ0) is 23.0. The zero-order valence-electron chi connectivity index (χ0n) is 17.2. The molecule has 0 aliphatic carbocycles. The summed E-state index contributed by atoms with van der Waals surface area (Å²) in [7, 11) is 0. The second-order valence-electron chi connectivity index (χ2n) is 7.12. The molecule has 0 spiro atoms. The molecule has 1 aliphatic heterocycles. The molecule has 0 radical (unpaired) electrons. The number of rotatable bonds is 7. The first-order valence-electron chi connectivity index (χ1n) is 9.98. The molecular formula is C19H29N5O7. The average Bonchev–Trinajstić information content (AvgIpc) is 3.32. The van der Waals surface area contributed by atoms with Gasteiger partial charge < -0.3 is 30.9 Å². The summed E-state index contributed by atoms with van der Waals surface area (Å²) in [5.74, 6) is 5.66. The van der Waals surface area contributed by atoms with Crippen LogP contribution in [0.1, 0.15) is 51.1 Å². The number of nitrogens with zero attached hydrogens (tertiary/aromatic N) is 4. The lowest BCUT2D eigenvalue weighted by Gasteiger charge is -2.16. The van der Waals surface area contributed by atoms with Crippen LogP contribution in [0.15, 0.2) is 6.33 Å². The van der Waals surface area contributed by atoms with E-state index in [0.29, 0.717) is 11.9 Å². The van der Waals surface area contributed by atoms with E-state index in [0.717, 1.165) is 25.7 Å². The van der Waals surface area contributed by atoms with E-state index in [2.05, 4.69) is 33.7 Å². The van der Waals surface area contributed by atoms with Crippen LogP contribution in [0.4, 0.5) is 5.82 Å². The summed E-state index contributed by atoms with van der Waals surface area (Å²) in [6.07, 6.45) is 0.917. The number of hydrogen-bond donors (Lipinski definition) is 7. The van der Waals surface area contributed by atoms with Crippen molar-refractivity contribution < 1.29 is 35.7 Å². The molecule has 1 aliphatic rings. The van der Waals surface area contributed by atoms with Crippen molar-refractivity contribution in [2.24, 2.45) is 0 Å². The minimum Gasteiger partial charge on any atom is -0.394 e. The van der Waals surface area contributed by atoms with Gasteiger partial charge in [0.15, 0.2) is 17.7 Å². The van der Waals surface area contributed by atoms with Gasteiger partial charge in [-0.1, -0.05) is 32.1 Å². The van der Waals surface area contributed by atoms with Crippen LogP contribution in [-0.2, 0) is 4.74 Å². The maximum Gasteiger partial charge on any atom is 0.209 e. The molecule has 2 aromatic heterocycles. The fourth-order valence-electron chi connectivity index (χ4n) is 3.27. The zero-order valence-corrected chi connectivity index (χ0v) is 17.2. The Kier molecular flexibility index (Phi) is 9.53. The number of aliphatic hydroxyl groups is 4. The fraction of sp³-hybridized carbons (Fsp3) is 0.632. The highest BCUT2D eigenvalue weighted by Gasteiger charge is 2.44. The third-order valence-electron chi connectivity index (χ3n) is 4.92. The number of hydrogen-bond acceptors (Lipinski definition) is 11. The fourth-order valence-corrected chi connectivity index (χ4v) is 3.27. The lowest BCUT2D eigenvalue weighted by Crippen LogP contribution is -2.33. The van der Waals surface area contributed by atoms with E-state index in [1.807, 2.05) is 0 Å². The van der Waals surface area contributed by atoms with Gasteiger partial charge in [-0.15, -0.1) is 0 Å². The molecule has 0 aromatic carbocycles. The van der Waals surface area contributed by atoms with Gasteiger partial charge in [0.25, 0.3) is 0 Å². The summed E-state index contributed by atoms with van der Waals surface area (Å²) < 4.78 is 6.95. The predicted molar refractivity (Wildman–Crippen MR) is 110 cm³/mol. The molecule has 8 N–H and O–H groups in total. The second-order valence-corrected chi connectivity index (χ2v) is 7.12. The third-order valence-corrected chi connectivity index (χ3v) is 4.92. The SMILES string of the molecule is CCCCCCC(O)C#Cc1nc(N)c2ncn([C@@H]3O[C@H](CO)[C@@H](O)[C@H]3O)c2n1.OO. The van der Waals surface area contributed by atoms with E-state index in [-0.39, 0.29) is 17.3 Å². The van der Waals surface area contributed by atoms with Crippen molar-refractivity contribution in [1.29, 1.82) is 0 Å². The molecule has 0 saturated carbocycles. The highest BCUT2D eigenvalue weighted by atomic mass is 17.0. The first-order valence-corrected chi connectivity index (χ1v) is 9.98. The number of nitrogens with two attached hydrogens (primary N) is 1. The molecule has 1 saturated heterocycles. The molecule has 3 heterocycles. The minimum absolute atomic E-state index is 0.0993. The van der Waals surface area contributed by atoms with Crippen molar-refractivity contribution in [3.8, 4) is 11.8 Å². The van der Waals surface area contributed by atoms with E-state index in [1.54, 1.807) is 0 Å². The molecule has 1 unspecified atom stereocenters. The topological polar surface area (TPSA) is 200 Å². The van der Waals surface area contributed by atoms with Crippen LogP contribution >= 0.6 is 0 Å². The van der Waals surface area contributed by atoms with E-state index in [4.69, 9.17) is 21.0 Å². The molecule has 0 bridgehead atoms. The van der Waals surface area contributed by atoms with Crippen LogP contribution in [0.2, 0.25) is 0 Å². The molecule has 31 heavy (non-hydrogen) atoms. The quantitative estimate of drug-likeness (QED) is 0.129. The number of ether oxygens (including phenoxy) is 1. The Bertz CT molecular complexity index is 897. The number of imidazole rings is 1. The lowest BCUT2D eigenvalue weighted by molar-refractivity contribution is -0.176. The average molecular weight is 439 g/mol. The highest BCUT2D eigenvalue weighted by Crippen LogP contribution is 2.31. The van der Waals surface area contributed by atoms with Crippen LogP contribution in [-0.4, -0.2) is 81.5 Å². The van der Waals surface area contributed by atoms with E-state index < -0.39 is 37.3 Å². The molecule has 3 rings (SSSR count). The van der Waals surface area contributed by atoms with E-state index >= 15 is 0 Å². The summed E-state index contributed by atoms with van der Waals surface area (Å²) in [5.41, 5.74) is 6.53. The van der Waals surface area contributed by atoms with Crippen molar-refractivity contribution in [1.82, 2.24) is 19.5 Å². The number of aromatic nitrogens is 4. The molecule has 5 atom stereocenters. The van der Waals surface area contributed by atoms with Crippen molar-refractivity contribution in [2.45, 2.75) is 69.7 Å². The van der Waals surface area contributed by atoms with Gasteiger partial charge in [0.05, 0.1) is 12.9 Å². The predicted octanol–water partition coefficient (Wildman–Crippen LogP) is -0.280. The maximum absolute atomic E-state index is 10.3. The van der Waals surface area contributed by atoms with Gasteiger partial charge in [-0.3, -0.25) is 15.1 Å². The minimum atomic E-state index is -1.28. The molecule has 12 heteroatoms. The smallest absolute Gasteiger partial charge is 0.209 e. The first-order chi connectivity index (χ1) is 15.0. The van der Waals surface area contributed by atoms with Gasteiger partial charge in [0, 0.05) is 0 Å². The van der Waals surface area contributed by atoms with Gasteiger partial charge in [0.2, 0.25) is 5.82 Å². The van der Waals surface area contributed by atoms with E-state index in [1.165, 1.54) is 10.9 Å². The summed E-state index contributed by atoms with van der Waals surface area (Å²) in [4.78, 5) is 12.6. The number of unbranched alkanes of at least 4 members (excludes halogenated alkanes) is 3. The van der Waals surface area contributed by atoms with Crippen LogP contribution in [0, 0.1) is 11.8 Å². The molecule has 1 fully saturated rings. The highest BCUT2D eigenvalue weighted by molar-refractivity contribution is 5.82. The van der Waals surface area contributed by atoms with Gasteiger partial charge >= 0.3 is 0 Å². The van der Waals surface area contributed by atoms with Crippen molar-refractivity contribution >= 4 is 17.0 Å². The monoisotopic (exact) mass is 439 g/mol. The van der Waals surface area contributed by atoms with Crippen LogP contribution in [0.25, 0.3) is 11.2 Å². The largest absolute Gasteiger partial charge is 0.394 e. The van der Waals surface area contributed by atoms with Crippen LogP contribution in [0.3, 0.4) is 0 Å². The number of nitrogen functional groups attached to an aromatic ring is 1. The molecule has 0 amide bonds. The van der Waals surface area contributed by atoms with E-state index in [9.17, 15) is 20.4 Å². The molecular weight excluding hydrogens is 410 g/mol. The Morgan fingerprint density at radius 3 is 2.58 bits per heavy atom. The van der Waals surface area contributed by atoms with Gasteiger partial charge in [-0.05, 0) is 18.8 Å². The van der Waals surface area contributed by atoms with Crippen LogP contribution < -0.4 is 5.73 Å². The lowest BCUT2D eigenvalue weighted by atomic mass is 10.1. The summed E-state index contributed by atoms with van der Waals surface area (Å²) in [5, 5.41) is 51.5. The van der Waals surface area contributed by atoms with Crippen LogP contribution in [0.5, 0.6) is 0 Å². The molecule has 2 aromatic rings. The van der Waals surface area contributed by atoms with Crippen molar-refractivity contribution in [2.75, 3.05) is 12.3 Å². The Labute approximate surface area is 178 Å². The standard InChI is InChI=1S/C19H27N5O5.H2O2/c1-2-3-4-5-6-11(26)7-8-13-22-17(20)14-18(23-13)24(10-21-14)19-16(28)15(27)12(9-25)29-19;1-2/h10-12,15-16,19,25-28H,2-6,9H2,1H3,(H2,20,22,23);1-2H/t11?,12-,15-,16-,19-;/m1./s1. The van der Waals surface area contributed by atoms with Crippen molar-refractivity contribution in [3.63, 3.8) is 0 Å². The Morgan fingerprint density at radius 1 is 1.19 bits per heavy atom. The second kappa shape index (κ2) is 11.9. The molecule has 172 valence electrons. The van der Waals surface area contributed by atoms with Gasteiger partial charge in [-0.25, -0.2) is 15.0 Å². The maximum atomic E-state index is 10.3. The number of anilines is 1. The Balaban J connectivity index is 0.00000166. The van der Waals surface area contributed by atoms with Gasteiger partial charge in [-0.2, -0.15) is 0 Å². The number of fused-ring (bicyclic) bond motifs is 1. The van der Waals surface area contributed by atoms with Gasteiger partial charge in [0.1, 0.15) is 29.9 Å². The van der Waals surface area contributed by atoms with Crippen molar-refractivity contribution in [3.05, 3.63) is 12.2 Å². The summed E-state index contributed by atoms with van der Waals surface area (Å²) >= 11 is 0. The third kappa shape index (κ3) is 5.86. The Morgan fingerprint density at radius 2 is 1.94 bits per heavy atom. The molecule has 12 nitrogen and oxygen atoms in total. The summed E-state index contributed by atoms with van der Waals surface area (Å²) in [6, 6.07) is 0. The summed E-state index contributed by atoms with van der Waals surface area (Å²) in [6.45, 7) is 1.68. The normalized spacial score (nSPS) is 23.7. The number of aliphatic hydroxyl groups excluding tert-OH is 4.